The van der Waals surface area contributed by atoms with Gasteiger partial charge < -0.3 is 4.74 Å². The Morgan fingerprint density at radius 1 is 1.54 bits per heavy atom. The third kappa shape index (κ3) is 2.18. The van der Waals surface area contributed by atoms with Crippen molar-refractivity contribution in [1.29, 1.82) is 0 Å². The van der Waals surface area contributed by atoms with Crippen molar-refractivity contribution in [2.75, 3.05) is 7.11 Å². The minimum Gasteiger partial charge on any atom is -0.464 e. The fraction of sp³-hybridized carbons (Fsp3) is 0.500. The summed E-state index contributed by atoms with van der Waals surface area (Å²) in [7, 11) is -0.0627. The molecule has 1 aromatic heterocycles. The first-order chi connectivity index (χ1) is 5.95. The van der Waals surface area contributed by atoms with E-state index in [2.05, 4.69) is 34.6 Å². The maximum atomic E-state index is 11.1. The molecule has 1 heterocycles. The van der Waals surface area contributed by atoms with Gasteiger partial charge in [0.1, 0.15) is 13.8 Å². The number of carbonyl (C=O) groups is 1. The van der Waals surface area contributed by atoms with Gasteiger partial charge in [0.2, 0.25) is 0 Å². The lowest BCUT2D eigenvalue weighted by Crippen LogP contribution is -2.38. The second kappa shape index (κ2) is 3.33. The Balaban J connectivity index is 2.93. The number of H-pyrrole nitrogens is 1. The molecule has 72 valence electrons. The van der Waals surface area contributed by atoms with Crippen LogP contribution in [0, 0.1) is 0 Å². The van der Waals surface area contributed by atoms with Crippen LogP contribution in [0.2, 0.25) is 19.6 Å². The molecular weight excluding hydrogens is 184 g/mol. The minimum absolute atomic E-state index is 0.364. The largest absolute Gasteiger partial charge is 0.464 e. The first kappa shape index (κ1) is 9.98. The van der Waals surface area contributed by atoms with E-state index in [-0.39, 0.29) is 5.97 Å². The zero-order valence-corrected chi connectivity index (χ0v) is 9.34. The van der Waals surface area contributed by atoms with Gasteiger partial charge in [-0.3, -0.25) is 5.10 Å². The summed E-state index contributed by atoms with van der Waals surface area (Å²) in [6, 6.07) is 1.78. The second-order valence-corrected chi connectivity index (χ2v) is 8.92. The minimum atomic E-state index is -1.42. The Hall–Kier alpha value is -1.10. The lowest BCUT2D eigenvalue weighted by Gasteiger charge is -2.10. The van der Waals surface area contributed by atoms with E-state index in [0.717, 1.165) is 5.32 Å². The highest BCUT2D eigenvalue weighted by atomic mass is 28.3. The van der Waals surface area contributed by atoms with Gasteiger partial charge in [-0.15, -0.1) is 0 Å². The first-order valence-electron chi connectivity index (χ1n) is 4.09. The van der Waals surface area contributed by atoms with Crippen molar-refractivity contribution in [2.45, 2.75) is 19.6 Å². The van der Waals surface area contributed by atoms with Gasteiger partial charge in [0.05, 0.1) is 7.11 Å². The smallest absolute Gasteiger partial charge is 0.356 e. The molecule has 0 aliphatic rings. The van der Waals surface area contributed by atoms with E-state index >= 15 is 0 Å². The average Bonchev–Trinajstić information content (AvgIpc) is 2.50. The number of hydrogen-bond donors (Lipinski definition) is 1. The van der Waals surface area contributed by atoms with Gasteiger partial charge >= 0.3 is 5.97 Å². The molecule has 1 N–H and O–H groups in total. The fourth-order valence-electron chi connectivity index (χ4n) is 0.920. The molecule has 0 atom stereocenters. The summed E-state index contributed by atoms with van der Waals surface area (Å²) in [6.45, 7) is 6.51. The van der Waals surface area contributed by atoms with Crippen molar-refractivity contribution in [1.82, 2.24) is 10.2 Å². The molecule has 0 fully saturated rings. The van der Waals surface area contributed by atoms with Gasteiger partial charge in [0, 0.05) is 5.32 Å². The molecule has 0 radical (unpaired) electrons. The van der Waals surface area contributed by atoms with Crippen LogP contribution >= 0.6 is 0 Å². The van der Waals surface area contributed by atoms with Crippen molar-refractivity contribution in [3.8, 4) is 0 Å². The van der Waals surface area contributed by atoms with Gasteiger partial charge in [-0.25, -0.2) is 4.79 Å². The standard InChI is InChI=1S/C8H14N2O2Si/c1-12-8(11)6-5-7(10-9-6)13(2,3)4/h5H,1-4H3,(H,9,10). The van der Waals surface area contributed by atoms with Crippen LogP contribution in [0.15, 0.2) is 6.07 Å². The summed E-state index contributed by atoms with van der Waals surface area (Å²) in [6.07, 6.45) is 0. The van der Waals surface area contributed by atoms with Crippen molar-refractivity contribution in [2.24, 2.45) is 0 Å². The molecule has 5 heteroatoms. The molecule has 0 spiro atoms. The van der Waals surface area contributed by atoms with Crippen LogP contribution in [0.25, 0.3) is 0 Å². The molecule has 0 aliphatic carbocycles. The van der Waals surface area contributed by atoms with Crippen LogP contribution in [-0.4, -0.2) is 31.4 Å². The number of nitrogens with one attached hydrogen (secondary N) is 1. The third-order valence-electron chi connectivity index (χ3n) is 1.75. The molecule has 0 unspecified atom stereocenters. The molecule has 0 aliphatic heterocycles. The number of esters is 1. The molecule has 1 rings (SSSR count). The van der Waals surface area contributed by atoms with Crippen molar-refractivity contribution in [3.63, 3.8) is 0 Å². The zero-order valence-electron chi connectivity index (χ0n) is 8.34. The summed E-state index contributed by atoms with van der Waals surface area (Å²) in [5.41, 5.74) is 0.430. The topological polar surface area (TPSA) is 55.0 Å². The third-order valence-corrected chi connectivity index (χ3v) is 3.54. The number of nitrogens with zero attached hydrogens (tertiary/aromatic N) is 1. The molecule has 0 bridgehead atoms. The van der Waals surface area contributed by atoms with Gasteiger partial charge in [-0.2, -0.15) is 5.10 Å². The Labute approximate surface area is 78.3 Å². The Morgan fingerprint density at radius 3 is 2.54 bits per heavy atom. The number of carbonyl (C=O) groups excluding carboxylic acids is 1. The normalized spacial score (nSPS) is 11.4. The van der Waals surface area contributed by atoms with Gasteiger partial charge in [0.15, 0.2) is 0 Å². The fourth-order valence-corrected chi connectivity index (χ4v) is 1.89. The van der Waals surface area contributed by atoms with Crippen molar-refractivity contribution in [3.05, 3.63) is 11.8 Å². The van der Waals surface area contributed by atoms with E-state index < -0.39 is 8.07 Å². The van der Waals surface area contributed by atoms with Crippen LogP contribution in [0.5, 0.6) is 0 Å². The number of rotatable bonds is 2. The van der Waals surface area contributed by atoms with Crippen LogP contribution in [-0.2, 0) is 4.74 Å². The molecule has 1 aromatic rings. The van der Waals surface area contributed by atoms with E-state index in [1.807, 2.05) is 0 Å². The molecule has 0 amide bonds. The summed E-state index contributed by atoms with van der Waals surface area (Å²) in [4.78, 5) is 11.1. The highest BCUT2D eigenvalue weighted by molar-refractivity contribution is 6.88. The maximum absolute atomic E-state index is 11.1. The molecule has 13 heavy (non-hydrogen) atoms. The summed E-state index contributed by atoms with van der Waals surface area (Å²) >= 11 is 0. The van der Waals surface area contributed by atoms with E-state index in [1.54, 1.807) is 6.07 Å². The SMILES string of the molecule is COC(=O)c1cc([Si](C)(C)C)n[nH]1. The van der Waals surface area contributed by atoms with Gasteiger partial charge in [0.25, 0.3) is 0 Å². The predicted octanol–water partition coefficient (Wildman–Crippen LogP) is 0.741. The summed E-state index contributed by atoms with van der Waals surface area (Å²) < 4.78 is 4.57. The number of aromatic amines is 1. The summed E-state index contributed by atoms with van der Waals surface area (Å²) in [5.74, 6) is -0.364. The van der Waals surface area contributed by atoms with Crippen LogP contribution in [0.3, 0.4) is 0 Å². The predicted molar refractivity (Wildman–Crippen MR) is 52.9 cm³/mol. The van der Waals surface area contributed by atoms with Crippen molar-refractivity contribution >= 4 is 19.4 Å². The molecular formula is C8H14N2O2Si. The van der Waals surface area contributed by atoms with Crippen LogP contribution in [0.1, 0.15) is 10.5 Å². The van der Waals surface area contributed by atoms with Gasteiger partial charge in [-0.1, -0.05) is 19.6 Å². The lowest BCUT2D eigenvalue weighted by atomic mass is 10.4. The number of methoxy groups -OCH3 is 1. The molecule has 0 saturated carbocycles. The Morgan fingerprint density at radius 2 is 2.15 bits per heavy atom. The Bertz CT molecular complexity index is 314. The monoisotopic (exact) mass is 198 g/mol. The molecule has 0 saturated heterocycles. The average molecular weight is 198 g/mol. The second-order valence-electron chi connectivity index (χ2n) is 3.91. The molecule has 0 aromatic carbocycles. The number of aromatic nitrogens is 2. The molecule has 4 nitrogen and oxygen atoms in total. The first-order valence-corrected chi connectivity index (χ1v) is 7.59. The number of hydrogen-bond acceptors (Lipinski definition) is 3. The van der Waals surface area contributed by atoms with E-state index in [4.69, 9.17) is 0 Å². The van der Waals surface area contributed by atoms with Crippen molar-refractivity contribution < 1.29 is 9.53 Å². The highest BCUT2D eigenvalue weighted by Gasteiger charge is 2.21. The quantitative estimate of drug-likeness (QED) is 0.563. The van der Waals surface area contributed by atoms with E-state index in [9.17, 15) is 4.79 Å². The van der Waals surface area contributed by atoms with Gasteiger partial charge in [-0.05, 0) is 6.07 Å². The maximum Gasteiger partial charge on any atom is 0.356 e. The van der Waals surface area contributed by atoms with E-state index in [0.29, 0.717) is 5.69 Å². The number of ether oxygens (including phenoxy) is 1. The lowest BCUT2D eigenvalue weighted by molar-refractivity contribution is 0.0594. The highest BCUT2D eigenvalue weighted by Crippen LogP contribution is 2.02. The Kier molecular flexibility index (Phi) is 2.56. The summed E-state index contributed by atoms with van der Waals surface area (Å²) in [5, 5.41) is 7.76. The zero-order chi connectivity index (χ0) is 10.1. The van der Waals surface area contributed by atoms with Crippen LogP contribution < -0.4 is 5.32 Å². The van der Waals surface area contributed by atoms with Crippen LogP contribution in [0.4, 0.5) is 0 Å². The van der Waals surface area contributed by atoms with E-state index in [1.165, 1.54) is 7.11 Å².